The molecule has 0 atom stereocenters. The number of rotatable bonds is 4. The molecule has 1 aliphatic heterocycles. The summed E-state index contributed by atoms with van der Waals surface area (Å²) in [6.07, 6.45) is 1.40. The molecule has 1 N–H and O–H groups in total. The number of hydrogen-bond donors (Lipinski definition) is 1. The molecule has 0 radical (unpaired) electrons. The molecular weight excluding hydrogens is 272 g/mol. The molecule has 1 aromatic carbocycles. The number of pyridine rings is 1. The van der Waals surface area contributed by atoms with Crippen LogP contribution in [0.4, 0.5) is 5.69 Å². The molecule has 1 aliphatic rings. The van der Waals surface area contributed by atoms with Gasteiger partial charge in [0, 0.05) is 30.7 Å². The van der Waals surface area contributed by atoms with Gasteiger partial charge in [0.2, 0.25) is 6.79 Å². The first-order valence-corrected chi connectivity index (χ1v) is 6.86. The molecule has 0 aliphatic carbocycles. The molecule has 6 nitrogen and oxygen atoms in total. The Morgan fingerprint density at radius 1 is 1.29 bits per heavy atom. The minimum absolute atomic E-state index is 0.179. The number of hydrogen-bond acceptors (Lipinski definition) is 5. The molecule has 2 heterocycles. The summed E-state index contributed by atoms with van der Waals surface area (Å²) in [4.78, 5) is 17.8. The minimum Gasteiger partial charge on any atom is -0.478 e. The van der Waals surface area contributed by atoms with Gasteiger partial charge in [-0.1, -0.05) is 0 Å². The second kappa shape index (κ2) is 5.12. The normalized spacial score (nSPS) is 12.7. The molecule has 0 amide bonds. The maximum absolute atomic E-state index is 11.5. The maximum atomic E-state index is 11.5. The standard InChI is InChI=1S/C15H16N2O4/c1-3-17(4-2)14-9-5-12-13(21-8-20-12)6-11(9)16-7-10(14)15(18)19/h5-7H,3-4,8H2,1-2H3,(H,18,19). The van der Waals surface area contributed by atoms with Gasteiger partial charge in [-0.3, -0.25) is 4.98 Å². The third-order valence-corrected chi connectivity index (χ3v) is 3.64. The number of benzene rings is 1. The van der Waals surface area contributed by atoms with Crippen molar-refractivity contribution in [3.8, 4) is 11.5 Å². The zero-order chi connectivity index (χ0) is 15.0. The van der Waals surface area contributed by atoms with Gasteiger partial charge in [0.1, 0.15) is 5.56 Å². The van der Waals surface area contributed by atoms with E-state index in [9.17, 15) is 9.90 Å². The molecule has 3 rings (SSSR count). The van der Waals surface area contributed by atoms with Gasteiger partial charge in [-0.05, 0) is 19.9 Å². The van der Waals surface area contributed by atoms with Gasteiger partial charge in [0.05, 0.1) is 11.2 Å². The number of carboxylic acids is 1. The summed E-state index contributed by atoms with van der Waals surface area (Å²) in [6, 6.07) is 3.60. The number of anilines is 1. The van der Waals surface area contributed by atoms with Crippen molar-refractivity contribution in [2.45, 2.75) is 13.8 Å². The molecular formula is C15H16N2O4. The van der Waals surface area contributed by atoms with Crippen LogP contribution in [0.15, 0.2) is 18.3 Å². The van der Waals surface area contributed by atoms with Crippen LogP contribution in [-0.4, -0.2) is 35.9 Å². The van der Waals surface area contributed by atoms with Crippen molar-refractivity contribution in [1.29, 1.82) is 0 Å². The summed E-state index contributed by atoms with van der Waals surface area (Å²) in [5.74, 6) is 0.285. The van der Waals surface area contributed by atoms with Crippen LogP contribution in [-0.2, 0) is 0 Å². The van der Waals surface area contributed by atoms with Crippen LogP contribution in [0.3, 0.4) is 0 Å². The van der Waals surface area contributed by atoms with Crippen molar-refractivity contribution in [2.75, 3.05) is 24.8 Å². The van der Waals surface area contributed by atoms with Gasteiger partial charge in [0.15, 0.2) is 11.5 Å². The number of carboxylic acid groups (broad SMARTS) is 1. The first-order chi connectivity index (χ1) is 10.2. The summed E-state index contributed by atoms with van der Waals surface area (Å²) < 4.78 is 10.7. The van der Waals surface area contributed by atoms with Crippen LogP contribution in [0.25, 0.3) is 10.9 Å². The molecule has 0 fully saturated rings. The van der Waals surface area contributed by atoms with Gasteiger partial charge in [-0.2, -0.15) is 0 Å². The van der Waals surface area contributed by atoms with Crippen LogP contribution in [0.1, 0.15) is 24.2 Å². The van der Waals surface area contributed by atoms with E-state index >= 15 is 0 Å². The highest BCUT2D eigenvalue weighted by atomic mass is 16.7. The molecule has 0 saturated heterocycles. The van der Waals surface area contributed by atoms with Gasteiger partial charge in [0.25, 0.3) is 0 Å². The fourth-order valence-electron chi connectivity index (χ4n) is 2.61. The fourth-order valence-corrected chi connectivity index (χ4v) is 2.61. The summed E-state index contributed by atoms with van der Waals surface area (Å²) >= 11 is 0. The van der Waals surface area contributed by atoms with Crippen LogP contribution < -0.4 is 14.4 Å². The molecule has 110 valence electrons. The van der Waals surface area contributed by atoms with Gasteiger partial charge < -0.3 is 19.5 Å². The molecule has 6 heteroatoms. The van der Waals surface area contributed by atoms with Crippen molar-refractivity contribution >= 4 is 22.6 Å². The first kappa shape index (κ1) is 13.5. The number of fused-ring (bicyclic) bond motifs is 2. The van der Waals surface area contributed by atoms with Crippen molar-refractivity contribution in [3.05, 3.63) is 23.9 Å². The lowest BCUT2D eigenvalue weighted by atomic mass is 10.1. The largest absolute Gasteiger partial charge is 0.478 e. The monoisotopic (exact) mass is 288 g/mol. The van der Waals surface area contributed by atoms with E-state index in [-0.39, 0.29) is 12.4 Å². The van der Waals surface area contributed by atoms with Crippen molar-refractivity contribution < 1.29 is 19.4 Å². The van der Waals surface area contributed by atoms with E-state index in [2.05, 4.69) is 4.98 Å². The lowest BCUT2D eigenvalue weighted by Crippen LogP contribution is -2.24. The van der Waals surface area contributed by atoms with E-state index < -0.39 is 5.97 Å². The number of nitrogens with zero attached hydrogens (tertiary/aromatic N) is 2. The lowest BCUT2D eigenvalue weighted by molar-refractivity contribution is 0.0697. The van der Waals surface area contributed by atoms with E-state index in [1.165, 1.54) is 6.20 Å². The molecule has 0 spiro atoms. The highest BCUT2D eigenvalue weighted by Crippen LogP contribution is 2.39. The Kier molecular flexibility index (Phi) is 3.29. The van der Waals surface area contributed by atoms with Crippen molar-refractivity contribution in [1.82, 2.24) is 4.98 Å². The Morgan fingerprint density at radius 3 is 2.57 bits per heavy atom. The third-order valence-electron chi connectivity index (χ3n) is 3.64. The van der Waals surface area contributed by atoms with Gasteiger partial charge in [-0.15, -0.1) is 0 Å². The van der Waals surface area contributed by atoms with E-state index in [1.807, 2.05) is 24.8 Å². The van der Waals surface area contributed by atoms with E-state index in [4.69, 9.17) is 9.47 Å². The molecule has 21 heavy (non-hydrogen) atoms. The third kappa shape index (κ3) is 2.12. The van der Waals surface area contributed by atoms with Crippen molar-refractivity contribution in [3.63, 3.8) is 0 Å². The van der Waals surface area contributed by atoms with Gasteiger partial charge in [-0.25, -0.2) is 4.79 Å². The Morgan fingerprint density at radius 2 is 1.95 bits per heavy atom. The van der Waals surface area contributed by atoms with E-state index in [0.717, 1.165) is 5.39 Å². The SMILES string of the molecule is CCN(CC)c1c(C(=O)O)cnc2cc3c(cc12)OCO3. The number of ether oxygens (including phenoxy) is 2. The van der Waals surface area contributed by atoms with Crippen LogP contribution in [0, 0.1) is 0 Å². The summed E-state index contributed by atoms with van der Waals surface area (Å²) in [5.41, 5.74) is 1.58. The molecule has 0 bridgehead atoms. The predicted octanol–water partition coefficient (Wildman–Crippen LogP) is 2.51. The zero-order valence-electron chi connectivity index (χ0n) is 11.9. The van der Waals surface area contributed by atoms with Gasteiger partial charge >= 0.3 is 5.97 Å². The summed E-state index contributed by atoms with van der Waals surface area (Å²) in [7, 11) is 0. The predicted molar refractivity (Wildman–Crippen MR) is 78.4 cm³/mol. The zero-order valence-corrected chi connectivity index (χ0v) is 11.9. The minimum atomic E-state index is -0.982. The molecule has 0 saturated carbocycles. The Labute approximate surface area is 121 Å². The van der Waals surface area contributed by atoms with Crippen LogP contribution >= 0.6 is 0 Å². The molecule has 0 unspecified atom stereocenters. The van der Waals surface area contributed by atoms with Crippen molar-refractivity contribution in [2.24, 2.45) is 0 Å². The molecule has 1 aromatic heterocycles. The fraction of sp³-hybridized carbons (Fsp3) is 0.333. The highest BCUT2D eigenvalue weighted by Gasteiger charge is 2.22. The average molecular weight is 288 g/mol. The lowest BCUT2D eigenvalue weighted by Gasteiger charge is -2.24. The number of aromatic carboxylic acids is 1. The topological polar surface area (TPSA) is 71.9 Å². The second-order valence-corrected chi connectivity index (χ2v) is 4.72. The Balaban J connectivity index is 2.32. The summed E-state index contributed by atoms with van der Waals surface area (Å²) in [5, 5.41) is 10.2. The maximum Gasteiger partial charge on any atom is 0.339 e. The van der Waals surface area contributed by atoms with Crippen LogP contribution in [0.5, 0.6) is 11.5 Å². The second-order valence-electron chi connectivity index (χ2n) is 4.72. The summed E-state index contributed by atoms with van der Waals surface area (Å²) in [6.45, 7) is 5.59. The average Bonchev–Trinajstić information content (AvgIpc) is 2.93. The Bertz CT molecular complexity index is 710. The first-order valence-electron chi connectivity index (χ1n) is 6.86. The molecule has 2 aromatic rings. The smallest absolute Gasteiger partial charge is 0.339 e. The van der Waals surface area contributed by atoms with Crippen LogP contribution in [0.2, 0.25) is 0 Å². The number of carbonyl (C=O) groups is 1. The highest BCUT2D eigenvalue weighted by molar-refractivity contribution is 6.05. The Hall–Kier alpha value is -2.50. The quantitative estimate of drug-likeness (QED) is 0.932. The van der Waals surface area contributed by atoms with E-state index in [0.29, 0.717) is 35.8 Å². The van der Waals surface area contributed by atoms with E-state index in [1.54, 1.807) is 6.07 Å². The number of aromatic nitrogens is 1.